The Hall–Kier alpha value is 2.18. The van der Waals surface area contributed by atoms with Crippen LogP contribution in [0, 0.1) is 0 Å². The minimum atomic E-state index is -0.592. The first-order chi connectivity index (χ1) is 13.9. The number of hydrogen-bond acceptors (Lipinski definition) is 4. The molecule has 2 aromatic carbocycles. The van der Waals surface area contributed by atoms with E-state index in [1.165, 1.54) is 0 Å². The van der Waals surface area contributed by atoms with Crippen molar-refractivity contribution in [2.75, 3.05) is 0 Å². The summed E-state index contributed by atoms with van der Waals surface area (Å²) in [6, 6.07) is 0. The summed E-state index contributed by atoms with van der Waals surface area (Å²) in [4.78, 5) is 24.6. The predicted octanol–water partition coefficient (Wildman–Crippen LogP) is 10.6. The third kappa shape index (κ3) is 6.44. The fourth-order valence-corrected chi connectivity index (χ4v) is 8.23. The van der Waals surface area contributed by atoms with E-state index in [0.717, 1.165) is 8.95 Å². The lowest BCUT2D eigenvalue weighted by Crippen LogP contribution is -2.15. The molecular weight excluding hydrogens is 1060 g/mol. The van der Waals surface area contributed by atoms with Crippen molar-refractivity contribution in [2.45, 2.75) is 12.8 Å². The molecule has 2 rings (SSSR count). The normalized spacial score (nSPS) is 10.9. The van der Waals surface area contributed by atoms with Gasteiger partial charge >= 0.3 is 11.9 Å². The van der Waals surface area contributed by atoms with E-state index in [4.69, 9.17) is 9.47 Å². The number of rotatable bonds is 5. The van der Waals surface area contributed by atoms with Crippen LogP contribution in [0.4, 0.5) is 0 Å². The van der Waals surface area contributed by atoms with Crippen LogP contribution in [0.25, 0.3) is 0 Å². The highest BCUT2D eigenvalue weighted by Crippen LogP contribution is 2.50. The molecular formula is C16H4Br10O4. The lowest BCUT2D eigenvalue weighted by atomic mass is 10.3. The van der Waals surface area contributed by atoms with E-state index in [2.05, 4.69) is 159 Å². The molecule has 2 aromatic rings. The summed E-state index contributed by atoms with van der Waals surface area (Å²) in [7, 11) is 0. The number of benzene rings is 2. The third-order valence-electron chi connectivity index (χ3n) is 3.30. The zero-order valence-corrected chi connectivity index (χ0v) is 29.7. The van der Waals surface area contributed by atoms with Crippen LogP contribution in [0.15, 0.2) is 44.7 Å². The molecule has 4 nitrogen and oxygen atoms in total. The summed E-state index contributed by atoms with van der Waals surface area (Å²) in [5.41, 5.74) is 0. The van der Waals surface area contributed by atoms with Crippen molar-refractivity contribution in [2.24, 2.45) is 0 Å². The molecule has 0 unspecified atom stereocenters. The molecule has 0 bridgehead atoms. The first kappa shape index (κ1) is 28.4. The number of carbonyl (C=O) groups excluding carboxylic acids is 2. The second-order valence-corrected chi connectivity index (χ2v) is 13.2. The summed E-state index contributed by atoms with van der Waals surface area (Å²) in [6.07, 6.45) is -0.339. The fourth-order valence-electron chi connectivity index (χ4n) is 1.88. The van der Waals surface area contributed by atoms with E-state index in [-0.39, 0.29) is 24.3 Å². The van der Waals surface area contributed by atoms with Crippen LogP contribution in [0.1, 0.15) is 12.8 Å². The number of esters is 2. The van der Waals surface area contributed by atoms with Crippen LogP contribution in [0.5, 0.6) is 11.5 Å². The van der Waals surface area contributed by atoms with Gasteiger partial charge < -0.3 is 9.47 Å². The fraction of sp³-hybridized carbons (Fsp3) is 0.125. The van der Waals surface area contributed by atoms with E-state index in [1.54, 1.807) is 0 Å². The van der Waals surface area contributed by atoms with Crippen LogP contribution in [0.3, 0.4) is 0 Å². The van der Waals surface area contributed by atoms with Gasteiger partial charge in [-0.15, -0.1) is 0 Å². The second-order valence-electron chi connectivity index (χ2n) is 5.25. The van der Waals surface area contributed by atoms with Gasteiger partial charge in [-0.05, 0) is 159 Å². The average Bonchev–Trinajstić information content (AvgIpc) is 2.72. The second kappa shape index (κ2) is 12.2. The van der Waals surface area contributed by atoms with Gasteiger partial charge in [0.05, 0.1) is 48.6 Å². The highest BCUT2D eigenvalue weighted by Gasteiger charge is 2.23. The summed E-state index contributed by atoms with van der Waals surface area (Å²) in [5.74, 6) is -0.625. The Bertz CT molecular complexity index is 912. The molecule has 162 valence electrons. The quantitative estimate of drug-likeness (QED) is 0.130. The first-order valence-electron chi connectivity index (χ1n) is 7.32. The molecule has 0 N–H and O–H groups in total. The topological polar surface area (TPSA) is 52.6 Å². The van der Waals surface area contributed by atoms with E-state index >= 15 is 0 Å². The number of hydrogen-bond donors (Lipinski definition) is 0. The lowest BCUT2D eigenvalue weighted by Gasteiger charge is -2.14. The third-order valence-corrected chi connectivity index (χ3v) is 15.3. The van der Waals surface area contributed by atoms with E-state index in [9.17, 15) is 9.59 Å². The van der Waals surface area contributed by atoms with Gasteiger partial charge in [-0.3, -0.25) is 9.59 Å². The molecule has 14 heteroatoms. The van der Waals surface area contributed by atoms with Crippen LogP contribution < -0.4 is 9.47 Å². The van der Waals surface area contributed by atoms with Gasteiger partial charge in [-0.1, -0.05) is 0 Å². The number of carbonyl (C=O) groups is 2. The smallest absolute Gasteiger partial charge is 0.311 e. The maximum Gasteiger partial charge on any atom is 0.311 e. The Morgan fingerprint density at radius 2 is 0.633 bits per heavy atom. The average molecular weight is 1060 g/mol. The van der Waals surface area contributed by atoms with Gasteiger partial charge in [-0.2, -0.15) is 0 Å². The molecule has 0 saturated carbocycles. The molecule has 0 saturated heterocycles. The Morgan fingerprint density at radius 3 is 0.867 bits per heavy atom. The zero-order chi connectivity index (χ0) is 22.9. The SMILES string of the molecule is O=C(CCC(=O)Oc1c(Br)c(Br)c(Br)c(Br)c1Br)Oc1c(Br)c(Br)c(Br)c(Br)c1Br. The molecule has 0 aliphatic heterocycles. The minimum absolute atomic E-state index is 0.170. The molecule has 0 atom stereocenters. The van der Waals surface area contributed by atoms with Gasteiger partial charge in [0, 0.05) is 8.95 Å². The molecule has 0 heterocycles. The van der Waals surface area contributed by atoms with E-state index < -0.39 is 11.9 Å². The number of ether oxygens (including phenoxy) is 2. The van der Waals surface area contributed by atoms with Gasteiger partial charge in [0.2, 0.25) is 0 Å². The maximum absolute atomic E-state index is 12.3. The van der Waals surface area contributed by atoms with Crippen molar-refractivity contribution >= 4 is 171 Å². The first-order valence-corrected chi connectivity index (χ1v) is 15.3. The molecule has 0 amide bonds. The molecule has 0 radical (unpaired) electrons. The number of halogens is 10. The molecule has 0 aliphatic rings. The Morgan fingerprint density at radius 1 is 0.433 bits per heavy atom. The maximum atomic E-state index is 12.3. The largest absolute Gasteiger partial charge is 0.424 e. The van der Waals surface area contributed by atoms with Crippen molar-refractivity contribution in [3.8, 4) is 11.5 Å². The molecule has 0 aromatic heterocycles. The zero-order valence-electron chi connectivity index (χ0n) is 13.8. The Balaban J connectivity index is 2.10. The van der Waals surface area contributed by atoms with Crippen molar-refractivity contribution in [3.63, 3.8) is 0 Å². The summed E-state index contributed by atoms with van der Waals surface area (Å²) >= 11 is 34.0. The summed E-state index contributed by atoms with van der Waals surface area (Å²) in [6.45, 7) is 0. The predicted molar refractivity (Wildman–Crippen MR) is 150 cm³/mol. The lowest BCUT2D eigenvalue weighted by molar-refractivity contribution is -0.140. The van der Waals surface area contributed by atoms with Gasteiger partial charge in [0.1, 0.15) is 0 Å². The van der Waals surface area contributed by atoms with E-state index in [1.807, 2.05) is 0 Å². The Labute approximate surface area is 255 Å². The van der Waals surface area contributed by atoms with Crippen molar-refractivity contribution < 1.29 is 19.1 Å². The summed E-state index contributed by atoms with van der Waals surface area (Å²) < 4.78 is 17.2. The monoisotopic (exact) mass is 1050 g/mol. The van der Waals surface area contributed by atoms with Crippen LogP contribution >= 0.6 is 159 Å². The highest BCUT2D eigenvalue weighted by molar-refractivity contribution is 9.16. The van der Waals surface area contributed by atoms with Crippen molar-refractivity contribution in [1.29, 1.82) is 0 Å². The van der Waals surface area contributed by atoms with Crippen LogP contribution in [-0.4, -0.2) is 11.9 Å². The molecule has 0 aliphatic carbocycles. The highest BCUT2D eigenvalue weighted by atomic mass is 79.9. The molecule has 0 fully saturated rings. The standard InChI is InChI=1S/C16H4Br10O4/c17-5-7(19)11(23)15(12(24)8(5)20)29-3(27)1-2-4(28)30-16-13(25)9(21)6(18)10(22)14(16)26/h1-2H2. The molecule has 30 heavy (non-hydrogen) atoms. The van der Waals surface area contributed by atoms with E-state index in [0.29, 0.717) is 35.8 Å². The van der Waals surface area contributed by atoms with Crippen molar-refractivity contribution in [1.82, 2.24) is 0 Å². The van der Waals surface area contributed by atoms with Crippen LogP contribution in [0.2, 0.25) is 0 Å². The van der Waals surface area contributed by atoms with Gasteiger partial charge in [-0.25, -0.2) is 0 Å². The minimum Gasteiger partial charge on any atom is -0.424 e. The summed E-state index contributed by atoms with van der Waals surface area (Å²) in [5, 5.41) is 0. The van der Waals surface area contributed by atoms with Gasteiger partial charge in [0.25, 0.3) is 0 Å². The molecule has 0 spiro atoms. The van der Waals surface area contributed by atoms with Crippen molar-refractivity contribution in [3.05, 3.63) is 44.7 Å². The Kier molecular flexibility index (Phi) is 11.6. The van der Waals surface area contributed by atoms with Gasteiger partial charge in [0.15, 0.2) is 11.5 Å². The van der Waals surface area contributed by atoms with Crippen LogP contribution in [-0.2, 0) is 9.59 Å².